The first-order valence-corrected chi connectivity index (χ1v) is 11.0. The van der Waals surface area contributed by atoms with Gasteiger partial charge in [-0.1, -0.05) is 41.9 Å². The lowest BCUT2D eigenvalue weighted by Crippen LogP contribution is -2.48. The van der Waals surface area contributed by atoms with Crippen LogP contribution >= 0.6 is 22.9 Å². The first kappa shape index (κ1) is 21.4. The van der Waals surface area contributed by atoms with Gasteiger partial charge in [0.05, 0.1) is 23.9 Å². The van der Waals surface area contributed by atoms with Crippen LogP contribution < -0.4 is 10.6 Å². The van der Waals surface area contributed by atoms with Gasteiger partial charge in [0.1, 0.15) is 0 Å². The average Bonchev–Trinajstić information content (AvgIpc) is 3.30. The molecule has 2 aromatic heterocycles. The van der Waals surface area contributed by atoms with Gasteiger partial charge in [0.25, 0.3) is 0 Å². The van der Waals surface area contributed by atoms with Gasteiger partial charge in [-0.3, -0.25) is 9.30 Å². The molecule has 2 N–H and O–H groups in total. The molecule has 4 rings (SSSR count). The summed E-state index contributed by atoms with van der Waals surface area (Å²) < 4.78 is 7.25. The van der Waals surface area contributed by atoms with E-state index in [1.165, 1.54) is 11.3 Å². The topological polar surface area (TPSA) is 88.0 Å². The molecule has 0 saturated heterocycles. The summed E-state index contributed by atoms with van der Waals surface area (Å²) in [7, 11) is 1.89. The Labute approximate surface area is 188 Å². The second-order valence-electron chi connectivity index (χ2n) is 7.13. The fourth-order valence-corrected chi connectivity index (χ4v) is 4.63. The summed E-state index contributed by atoms with van der Waals surface area (Å²) in [5, 5.41) is 8.02. The molecule has 10 heteroatoms. The minimum atomic E-state index is -0.598. The summed E-state index contributed by atoms with van der Waals surface area (Å²) >= 11 is 7.83. The number of carbonyl (C=O) groups is 2. The van der Waals surface area contributed by atoms with E-state index in [9.17, 15) is 9.59 Å². The van der Waals surface area contributed by atoms with Crippen molar-refractivity contribution >= 4 is 39.9 Å². The minimum absolute atomic E-state index is 0.239. The van der Waals surface area contributed by atoms with Crippen LogP contribution in [0.3, 0.4) is 0 Å². The van der Waals surface area contributed by atoms with E-state index in [4.69, 9.17) is 16.3 Å². The number of hydrogen-bond acceptors (Lipinski definition) is 6. The lowest BCUT2D eigenvalue weighted by molar-refractivity contribution is -0.139. The van der Waals surface area contributed by atoms with Crippen LogP contribution in [-0.2, 0) is 16.1 Å². The Kier molecular flexibility index (Phi) is 6.26. The molecule has 0 spiro atoms. The fourth-order valence-electron chi connectivity index (χ4n) is 3.62. The zero-order valence-electron chi connectivity index (χ0n) is 17.1. The number of hydrogen-bond donors (Lipinski definition) is 2. The van der Waals surface area contributed by atoms with E-state index < -0.39 is 12.0 Å². The molecule has 2 amide bonds. The smallest absolute Gasteiger partial charge is 0.338 e. The molecule has 0 radical (unpaired) electrons. The highest BCUT2D eigenvalue weighted by Gasteiger charge is 2.34. The van der Waals surface area contributed by atoms with Gasteiger partial charge in [0.2, 0.25) is 0 Å². The summed E-state index contributed by atoms with van der Waals surface area (Å²) in [5.41, 5.74) is 2.54. The molecule has 0 saturated carbocycles. The molecule has 1 unspecified atom stereocenters. The van der Waals surface area contributed by atoms with Crippen LogP contribution in [-0.4, -0.2) is 46.5 Å². The summed E-state index contributed by atoms with van der Waals surface area (Å²) in [6, 6.07) is 8.40. The van der Waals surface area contributed by atoms with Gasteiger partial charge in [0, 0.05) is 30.4 Å². The Balaban J connectivity index is 1.66. The molecule has 3 heterocycles. The molecule has 0 aliphatic carbocycles. The van der Waals surface area contributed by atoms with Crippen molar-refractivity contribution in [3.63, 3.8) is 0 Å². The highest BCUT2D eigenvalue weighted by atomic mass is 35.5. The van der Waals surface area contributed by atoms with Gasteiger partial charge in [-0.25, -0.2) is 14.6 Å². The number of ether oxygens (including phenoxy) is 1. The number of urea groups is 1. The van der Waals surface area contributed by atoms with Crippen LogP contribution in [0, 0.1) is 0 Å². The number of imidazole rings is 1. The number of fused-ring (bicyclic) bond motifs is 1. The number of thiazole rings is 1. The van der Waals surface area contributed by atoms with Crippen LogP contribution in [0.5, 0.6) is 0 Å². The Morgan fingerprint density at radius 1 is 1.32 bits per heavy atom. The van der Waals surface area contributed by atoms with E-state index in [1.54, 1.807) is 6.92 Å². The van der Waals surface area contributed by atoms with Crippen LogP contribution in [0.2, 0.25) is 5.15 Å². The number of nitrogens with one attached hydrogen (secondary N) is 2. The number of halogens is 1. The highest BCUT2D eigenvalue weighted by molar-refractivity contribution is 7.15. The highest BCUT2D eigenvalue weighted by Crippen LogP contribution is 2.28. The van der Waals surface area contributed by atoms with E-state index in [1.807, 2.05) is 58.3 Å². The number of rotatable bonds is 7. The van der Waals surface area contributed by atoms with Gasteiger partial charge >= 0.3 is 12.0 Å². The normalized spacial score (nSPS) is 16.5. The van der Waals surface area contributed by atoms with Gasteiger partial charge in [0.15, 0.2) is 10.1 Å². The van der Waals surface area contributed by atoms with Crippen LogP contribution in [0.4, 0.5) is 4.79 Å². The average molecular weight is 460 g/mol. The van der Waals surface area contributed by atoms with E-state index in [0.29, 0.717) is 29.5 Å². The SMILES string of the molecule is CCOC(=O)C1=C(CN(C)Cc2c(Cl)nc3sccn23)NC(=O)NC1c1ccccc1. The Morgan fingerprint density at radius 2 is 2.10 bits per heavy atom. The van der Waals surface area contributed by atoms with Gasteiger partial charge in [-0.15, -0.1) is 11.3 Å². The minimum Gasteiger partial charge on any atom is -0.463 e. The molecule has 0 fully saturated rings. The zero-order valence-corrected chi connectivity index (χ0v) is 18.7. The van der Waals surface area contributed by atoms with Crippen molar-refractivity contribution < 1.29 is 14.3 Å². The maximum absolute atomic E-state index is 12.9. The first-order chi connectivity index (χ1) is 15.0. The van der Waals surface area contributed by atoms with Crippen molar-refractivity contribution in [3.8, 4) is 0 Å². The monoisotopic (exact) mass is 459 g/mol. The van der Waals surface area contributed by atoms with Crippen molar-refractivity contribution in [1.29, 1.82) is 0 Å². The fraction of sp³-hybridized carbons (Fsp3) is 0.286. The number of amides is 2. The summed E-state index contributed by atoms with van der Waals surface area (Å²) in [5.74, 6) is -0.463. The molecule has 1 atom stereocenters. The summed E-state index contributed by atoms with van der Waals surface area (Å²) in [6.45, 7) is 2.79. The van der Waals surface area contributed by atoms with Crippen molar-refractivity contribution in [3.05, 3.63) is 69.6 Å². The molecule has 1 aliphatic rings. The van der Waals surface area contributed by atoms with E-state index in [-0.39, 0.29) is 12.6 Å². The molecule has 1 aliphatic heterocycles. The van der Waals surface area contributed by atoms with Crippen molar-refractivity contribution in [2.45, 2.75) is 19.5 Å². The number of likely N-dealkylation sites (N-methyl/N-ethyl adjacent to an activating group) is 1. The Bertz CT molecular complexity index is 1140. The number of carbonyl (C=O) groups excluding carboxylic acids is 2. The zero-order chi connectivity index (χ0) is 22.0. The van der Waals surface area contributed by atoms with E-state index in [2.05, 4.69) is 15.6 Å². The quantitative estimate of drug-likeness (QED) is 0.529. The number of benzene rings is 1. The summed E-state index contributed by atoms with van der Waals surface area (Å²) in [4.78, 5) is 32.4. The molecule has 1 aromatic carbocycles. The van der Waals surface area contributed by atoms with Crippen molar-refractivity contribution in [1.82, 2.24) is 24.9 Å². The van der Waals surface area contributed by atoms with Gasteiger partial charge in [-0.2, -0.15) is 0 Å². The standard InChI is InChI=1S/C21H22ClN5O3S/c1-3-30-19(28)16-14(23-20(29)24-17(16)13-7-5-4-6-8-13)11-26(2)12-15-18(22)25-21-27(15)9-10-31-21/h4-10,17H,3,11-12H2,1-2H3,(H2,23,24,29). The molecule has 162 valence electrons. The Morgan fingerprint density at radius 3 is 2.84 bits per heavy atom. The van der Waals surface area contributed by atoms with Gasteiger partial charge < -0.3 is 15.4 Å². The molecule has 8 nitrogen and oxygen atoms in total. The predicted molar refractivity (Wildman–Crippen MR) is 119 cm³/mol. The van der Waals surface area contributed by atoms with Crippen molar-refractivity contribution in [2.24, 2.45) is 0 Å². The van der Waals surface area contributed by atoms with E-state index in [0.717, 1.165) is 16.2 Å². The third kappa shape index (κ3) is 4.43. The van der Waals surface area contributed by atoms with Crippen LogP contribution in [0.15, 0.2) is 53.2 Å². The molecule has 31 heavy (non-hydrogen) atoms. The second-order valence-corrected chi connectivity index (χ2v) is 8.36. The Hall–Kier alpha value is -2.88. The number of aromatic nitrogens is 2. The maximum Gasteiger partial charge on any atom is 0.338 e. The molecular formula is C21H22ClN5O3S. The van der Waals surface area contributed by atoms with Gasteiger partial charge in [-0.05, 0) is 19.5 Å². The third-order valence-corrected chi connectivity index (χ3v) is 6.00. The second kappa shape index (κ2) is 9.09. The number of esters is 1. The van der Waals surface area contributed by atoms with Crippen LogP contribution in [0.25, 0.3) is 4.96 Å². The van der Waals surface area contributed by atoms with Crippen LogP contribution in [0.1, 0.15) is 24.2 Å². The largest absolute Gasteiger partial charge is 0.463 e. The predicted octanol–water partition coefficient (Wildman–Crippen LogP) is 3.35. The molecular weight excluding hydrogens is 438 g/mol. The number of nitrogens with zero attached hydrogens (tertiary/aromatic N) is 3. The lowest BCUT2D eigenvalue weighted by atomic mass is 9.95. The molecule has 3 aromatic rings. The third-order valence-electron chi connectivity index (χ3n) is 4.94. The lowest BCUT2D eigenvalue weighted by Gasteiger charge is -2.31. The van der Waals surface area contributed by atoms with Crippen molar-refractivity contribution in [2.75, 3.05) is 20.2 Å². The summed E-state index contributed by atoms with van der Waals surface area (Å²) in [6.07, 6.45) is 1.92. The maximum atomic E-state index is 12.9. The van der Waals surface area contributed by atoms with E-state index >= 15 is 0 Å². The first-order valence-electron chi connectivity index (χ1n) is 9.79. The molecule has 0 bridgehead atoms.